The third-order valence-corrected chi connectivity index (χ3v) is 2.71. The first-order chi connectivity index (χ1) is 6.89. The molecule has 0 saturated heterocycles. The van der Waals surface area contributed by atoms with Crippen LogP contribution < -0.4 is 5.32 Å². The molecule has 2 N–H and O–H groups in total. The number of aliphatic hydroxyl groups is 1. The fraction of sp³-hybridized carbons (Fsp3) is 0.600. The molecule has 1 amide bonds. The van der Waals surface area contributed by atoms with Crippen molar-refractivity contribution in [3.05, 3.63) is 16.1 Å². The van der Waals surface area contributed by atoms with Crippen molar-refractivity contribution in [1.82, 2.24) is 10.3 Å². The standard InChI is InChI=1S/C10H16N2O2S/c1-7-12-8(6-15-7)4-5-11-9(13)10(2,3)14/h6,14H,4-5H2,1-3H3,(H,11,13). The second-order valence-corrected chi connectivity index (χ2v) is 4.99. The van der Waals surface area contributed by atoms with Crippen molar-refractivity contribution in [3.63, 3.8) is 0 Å². The Kier molecular flexibility index (Phi) is 3.82. The molecule has 0 aliphatic carbocycles. The highest BCUT2D eigenvalue weighted by atomic mass is 32.1. The summed E-state index contributed by atoms with van der Waals surface area (Å²) < 4.78 is 0. The van der Waals surface area contributed by atoms with E-state index in [-0.39, 0.29) is 5.91 Å². The molecule has 0 aromatic carbocycles. The van der Waals surface area contributed by atoms with Crippen LogP contribution in [0.1, 0.15) is 24.5 Å². The van der Waals surface area contributed by atoms with Gasteiger partial charge in [-0.1, -0.05) is 0 Å². The van der Waals surface area contributed by atoms with E-state index in [4.69, 9.17) is 0 Å². The predicted octanol–water partition coefficient (Wildman–Crippen LogP) is 0.881. The first kappa shape index (κ1) is 12.1. The second kappa shape index (κ2) is 4.72. The van der Waals surface area contributed by atoms with Gasteiger partial charge in [0, 0.05) is 18.3 Å². The largest absolute Gasteiger partial charge is 0.381 e. The maximum atomic E-state index is 11.3. The molecule has 5 heteroatoms. The Balaban J connectivity index is 2.31. The number of carbonyl (C=O) groups excluding carboxylic acids is 1. The van der Waals surface area contributed by atoms with E-state index in [0.29, 0.717) is 13.0 Å². The summed E-state index contributed by atoms with van der Waals surface area (Å²) in [6.07, 6.45) is 0.701. The van der Waals surface area contributed by atoms with E-state index >= 15 is 0 Å². The Morgan fingerprint density at radius 3 is 2.80 bits per heavy atom. The lowest BCUT2D eigenvalue weighted by molar-refractivity contribution is -0.136. The first-order valence-electron chi connectivity index (χ1n) is 4.81. The monoisotopic (exact) mass is 228 g/mol. The smallest absolute Gasteiger partial charge is 0.251 e. The number of hydrogen-bond acceptors (Lipinski definition) is 4. The summed E-state index contributed by atoms with van der Waals surface area (Å²) in [5.41, 5.74) is -0.327. The molecule has 1 heterocycles. The summed E-state index contributed by atoms with van der Waals surface area (Å²) in [6.45, 7) is 5.39. The van der Waals surface area contributed by atoms with E-state index in [9.17, 15) is 9.90 Å². The van der Waals surface area contributed by atoms with Gasteiger partial charge in [0.25, 0.3) is 5.91 Å². The molecular weight excluding hydrogens is 212 g/mol. The van der Waals surface area contributed by atoms with Crippen LogP contribution in [0.25, 0.3) is 0 Å². The van der Waals surface area contributed by atoms with Gasteiger partial charge in [-0.25, -0.2) is 4.98 Å². The molecule has 15 heavy (non-hydrogen) atoms. The number of thiazole rings is 1. The van der Waals surface area contributed by atoms with Crippen molar-refractivity contribution < 1.29 is 9.90 Å². The Bertz CT molecular complexity index is 341. The number of rotatable bonds is 4. The van der Waals surface area contributed by atoms with Crippen LogP contribution in [0.5, 0.6) is 0 Å². The van der Waals surface area contributed by atoms with E-state index in [0.717, 1.165) is 10.7 Å². The first-order valence-corrected chi connectivity index (χ1v) is 5.69. The zero-order valence-corrected chi connectivity index (χ0v) is 10.0. The summed E-state index contributed by atoms with van der Waals surface area (Å²) >= 11 is 1.60. The quantitative estimate of drug-likeness (QED) is 0.804. The minimum absolute atomic E-state index is 0.352. The summed E-state index contributed by atoms with van der Waals surface area (Å²) in [4.78, 5) is 15.6. The molecule has 4 nitrogen and oxygen atoms in total. The summed E-state index contributed by atoms with van der Waals surface area (Å²) in [5.74, 6) is -0.352. The van der Waals surface area contributed by atoms with E-state index in [1.165, 1.54) is 13.8 Å². The molecule has 84 valence electrons. The lowest BCUT2D eigenvalue weighted by Gasteiger charge is -2.16. The van der Waals surface area contributed by atoms with E-state index in [1.54, 1.807) is 11.3 Å². The summed E-state index contributed by atoms with van der Waals surface area (Å²) in [5, 5.41) is 15.0. The number of amides is 1. The van der Waals surface area contributed by atoms with Gasteiger partial charge in [-0.2, -0.15) is 0 Å². The second-order valence-electron chi connectivity index (χ2n) is 3.92. The van der Waals surface area contributed by atoms with E-state index in [1.807, 2.05) is 12.3 Å². The molecule has 1 aromatic heterocycles. The Labute approximate surface area is 93.4 Å². The van der Waals surface area contributed by atoms with Crippen molar-refractivity contribution >= 4 is 17.2 Å². The van der Waals surface area contributed by atoms with Gasteiger partial charge in [0.15, 0.2) is 0 Å². The van der Waals surface area contributed by atoms with Gasteiger partial charge in [0.1, 0.15) is 5.60 Å². The topological polar surface area (TPSA) is 62.2 Å². The van der Waals surface area contributed by atoms with Crippen LogP contribution >= 0.6 is 11.3 Å². The molecule has 0 radical (unpaired) electrons. The van der Waals surface area contributed by atoms with Crippen LogP contribution in [0.15, 0.2) is 5.38 Å². The number of hydrogen-bond donors (Lipinski definition) is 2. The zero-order valence-electron chi connectivity index (χ0n) is 9.20. The van der Waals surface area contributed by atoms with E-state index in [2.05, 4.69) is 10.3 Å². The van der Waals surface area contributed by atoms with Gasteiger partial charge in [-0.15, -0.1) is 11.3 Å². The van der Waals surface area contributed by atoms with E-state index < -0.39 is 5.60 Å². The van der Waals surface area contributed by atoms with Crippen molar-refractivity contribution in [3.8, 4) is 0 Å². The van der Waals surface area contributed by atoms with Gasteiger partial charge in [-0.05, 0) is 20.8 Å². The molecule has 0 aliphatic rings. The van der Waals surface area contributed by atoms with Crippen LogP contribution in [-0.4, -0.2) is 28.1 Å². The third kappa shape index (κ3) is 3.97. The van der Waals surface area contributed by atoms with Crippen LogP contribution in [-0.2, 0) is 11.2 Å². The van der Waals surface area contributed by atoms with Gasteiger partial charge in [-0.3, -0.25) is 4.79 Å². The van der Waals surface area contributed by atoms with Crippen molar-refractivity contribution in [2.24, 2.45) is 0 Å². The van der Waals surface area contributed by atoms with Crippen molar-refractivity contribution in [2.75, 3.05) is 6.54 Å². The maximum absolute atomic E-state index is 11.3. The Hall–Kier alpha value is -0.940. The molecular formula is C10H16N2O2S. The van der Waals surface area contributed by atoms with Crippen LogP contribution in [0.3, 0.4) is 0 Å². The van der Waals surface area contributed by atoms with Crippen LogP contribution in [0.4, 0.5) is 0 Å². The minimum Gasteiger partial charge on any atom is -0.381 e. The fourth-order valence-electron chi connectivity index (χ4n) is 1.04. The molecule has 1 rings (SSSR count). The zero-order chi connectivity index (χ0) is 11.5. The number of aryl methyl sites for hydroxylation is 1. The highest BCUT2D eigenvalue weighted by Crippen LogP contribution is 2.08. The van der Waals surface area contributed by atoms with Gasteiger partial charge < -0.3 is 10.4 Å². The molecule has 0 saturated carbocycles. The third-order valence-electron chi connectivity index (χ3n) is 1.89. The molecule has 0 fully saturated rings. The predicted molar refractivity (Wildman–Crippen MR) is 59.9 cm³/mol. The highest BCUT2D eigenvalue weighted by molar-refractivity contribution is 7.09. The normalized spacial score (nSPS) is 11.5. The Morgan fingerprint density at radius 1 is 1.67 bits per heavy atom. The molecule has 0 bridgehead atoms. The van der Waals surface area contributed by atoms with Crippen LogP contribution in [0.2, 0.25) is 0 Å². The summed E-state index contributed by atoms with van der Waals surface area (Å²) in [7, 11) is 0. The fourth-order valence-corrected chi connectivity index (χ4v) is 1.69. The summed E-state index contributed by atoms with van der Waals surface area (Å²) in [6, 6.07) is 0. The molecule has 0 aliphatic heterocycles. The SMILES string of the molecule is Cc1nc(CCNC(=O)C(C)(C)O)cs1. The maximum Gasteiger partial charge on any atom is 0.251 e. The molecule has 0 spiro atoms. The lowest BCUT2D eigenvalue weighted by Crippen LogP contribution is -2.42. The number of aromatic nitrogens is 1. The molecule has 1 aromatic rings. The van der Waals surface area contributed by atoms with Gasteiger partial charge in [0.05, 0.1) is 10.7 Å². The molecule has 0 unspecified atom stereocenters. The average molecular weight is 228 g/mol. The number of nitrogens with one attached hydrogen (secondary N) is 1. The average Bonchev–Trinajstić information content (AvgIpc) is 2.49. The Morgan fingerprint density at radius 2 is 2.33 bits per heavy atom. The number of carbonyl (C=O) groups is 1. The van der Waals surface area contributed by atoms with Crippen molar-refractivity contribution in [1.29, 1.82) is 0 Å². The van der Waals surface area contributed by atoms with Crippen molar-refractivity contribution in [2.45, 2.75) is 32.8 Å². The lowest BCUT2D eigenvalue weighted by atomic mass is 10.1. The van der Waals surface area contributed by atoms with Gasteiger partial charge >= 0.3 is 0 Å². The van der Waals surface area contributed by atoms with Crippen LogP contribution in [0, 0.1) is 6.92 Å². The van der Waals surface area contributed by atoms with Gasteiger partial charge in [0.2, 0.25) is 0 Å². The molecule has 0 atom stereocenters. The minimum atomic E-state index is -1.31. The highest BCUT2D eigenvalue weighted by Gasteiger charge is 2.22. The number of nitrogens with zero attached hydrogens (tertiary/aromatic N) is 1.